The second-order valence-corrected chi connectivity index (χ2v) is 20.8. The summed E-state index contributed by atoms with van der Waals surface area (Å²) in [6.07, 6.45) is 0. The number of benzene rings is 10. The summed E-state index contributed by atoms with van der Waals surface area (Å²) < 4.78 is 6.80. The SMILES string of the molecule is Bc1c(B)c(B)c(-c2c(B)c(B)c(-c3c(B)c(B)c(N(c4ccc(-c5cccc(-c6ccccc6)c5)cc4)c4ccccc4-c4cccc5oc6c7ccccc7ccc6c45)c(B)c3B)c(B)c2B)c(B)c1B. The molecule has 73 heavy (non-hydrogen) atoms. The summed E-state index contributed by atoms with van der Waals surface area (Å²) in [6, 6.07) is 57.3. The van der Waals surface area contributed by atoms with E-state index in [-0.39, 0.29) is 0 Å². The van der Waals surface area contributed by atoms with Crippen LogP contribution in [0.4, 0.5) is 17.1 Å². The van der Waals surface area contributed by atoms with Gasteiger partial charge in [0, 0.05) is 33.1 Å². The van der Waals surface area contributed by atoms with Crippen molar-refractivity contribution in [2.24, 2.45) is 0 Å². The third-order valence-corrected chi connectivity index (χ3v) is 17.2. The summed E-state index contributed by atoms with van der Waals surface area (Å²) in [5, 5.41) is 4.55. The molecule has 334 valence electrons. The molecule has 0 atom stereocenters. The van der Waals surface area contributed by atoms with Gasteiger partial charge in [0.05, 0.1) is 5.69 Å². The third-order valence-electron chi connectivity index (χ3n) is 17.2. The normalized spacial score (nSPS) is 11.5. The zero-order valence-corrected chi connectivity index (χ0v) is 44.9. The van der Waals surface area contributed by atoms with E-state index in [1.807, 2.05) is 0 Å². The molecule has 1 heterocycles. The average molecular weight is 920 g/mol. The summed E-state index contributed by atoms with van der Waals surface area (Å²) in [6.45, 7) is 0. The number of furan rings is 1. The Labute approximate surface area is 442 Å². The maximum atomic E-state index is 6.80. The van der Waals surface area contributed by atoms with Crippen LogP contribution in [0.25, 0.3) is 88.3 Å². The van der Waals surface area contributed by atoms with Gasteiger partial charge in [-0.15, -0.1) is 16.4 Å². The van der Waals surface area contributed by atoms with Gasteiger partial charge in [-0.3, -0.25) is 0 Å². The van der Waals surface area contributed by atoms with Crippen LogP contribution in [0.5, 0.6) is 0 Å². The van der Waals surface area contributed by atoms with Gasteiger partial charge < -0.3 is 9.32 Å². The molecule has 0 bridgehead atoms. The Morgan fingerprint density at radius 3 is 1.37 bits per heavy atom. The Morgan fingerprint density at radius 1 is 0.315 bits per heavy atom. The molecule has 10 aromatic carbocycles. The van der Waals surface area contributed by atoms with Crippen molar-refractivity contribution < 1.29 is 4.42 Å². The highest BCUT2D eigenvalue weighted by Crippen LogP contribution is 2.45. The highest BCUT2D eigenvalue weighted by Gasteiger charge is 2.28. The van der Waals surface area contributed by atoms with Crippen LogP contribution in [-0.4, -0.2) is 102 Å². The van der Waals surface area contributed by atoms with Crippen molar-refractivity contribution in [1.29, 1.82) is 0 Å². The molecule has 11 rings (SSSR count). The third kappa shape index (κ3) is 7.76. The standard InChI is InChI=1S/C58H52B13NO/c59-44-40(42-48(63)52(67)54(69)53(68)49(42)64)45(60)47(62)41(46(44)61)43-50(65)55(70)57(56(71)51(43)66)72(32-23-20-28(21-24-32)31-14-8-13-30(26-31)27-10-2-1-3-11-27)37-18-7-6-16-34(37)35-17-9-19-38-39(35)36-25-22-29-12-4-5-15-33(29)58(36)73-38/h1-26H,59-71H2. The van der Waals surface area contributed by atoms with Gasteiger partial charge in [-0.1, -0.05) is 176 Å². The molecule has 1 aromatic heterocycles. The van der Waals surface area contributed by atoms with Crippen molar-refractivity contribution in [2.45, 2.75) is 0 Å². The molecule has 0 saturated heterocycles. The van der Waals surface area contributed by atoms with Gasteiger partial charge >= 0.3 is 0 Å². The smallest absolute Gasteiger partial charge is 0.143 e. The fourth-order valence-electron chi connectivity index (χ4n) is 12.3. The number of fused-ring (bicyclic) bond motifs is 5. The van der Waals surface area contributed by atoms with E-state index in [2.05, 4.69) is 265 Å². The molecule has 0 aliphatic heterocycles. The number of hydrogen-bond acceptors (Lipinski definition) is 2. The highest BCUT2D eigenvalue weighted by atomic mass is 16.3. The molecule has 0 aliphatic carbocycles. The lowest BCUT2D eigenvalue weighted by atomic mass is 9.55. The van der Waals surface area contributed by atoms with Crippen LogP contribution < -0.4 is 75.9 Å². The van der Waals surface area contributed by atoms with Gasteiger partial charge in [0.25, 0.3) is 0 Å². The summed E-state index contributed by atoms with van der Waals surface area (Å²) in [5.41, 5.74) is 35.3. The Balaban J connectivity index is 1.13. The Morgan fingerprint density at radius 2 is 0.767 bits per heavy atom. The topological polar surface area (TPSA) is 16.4 Å². The minimum absolute atomic E-state index is 0.885. The number of anilines is 3. The van der Waals surface area contributed by atoms with Crippen molar-refractivity contribution in [3.63, 3.8) is 0 Å². The van der Waals surface area contributed by atoms with E-state index in [4.69, 9.17) is 4.42 Å². The Kier molecular flexibility index (Phi) is 12.4. The highest BCUT2D eigenvalue weighted by molar-refractivity contribution is 6.72. The van der Waals surface area contributed by atoms with E-state index in [0.717, 1.165) is 49.8 Å². The van der Waals surface area contributed by atoms with E-state index in [0.29, 0.717) is 0 Å². The zero-order valence-electron chi connectivity index (χ0n) is 44.9. The van der Waals surface area contributed by atoms with Crippen molar-refractivity contribution in [1.82, 2.24) is 0 Å². The lowest BCUT2D eigenvalue weighted by Crippen LogP contribution is -2.57. The number of nitrogens with zero attached hydrogens (tertiary/aromatic N) is 1. The summed E-state index contributed by atoms with van der Waals surface area (Å²) in [7, 11) is 30.3. The molecule has 15 heteroatoms. The predicted octanol–water partition coefficient (Wildman–Crippen LogP) is -6.10. The zero-order chi connectivity index (χ0) is 51.1. The van der Waals surface area contributed by atoms with Gasteiger partial charge in [0.15, 0.2) is 0 Å². The van der Waals surface area contributed by atoms with Crippen molar-refractivity contribution in [3.05, 3.63) is 158 Å². The molecule has 0 N–H and O–H groups in total. The van der Waals surface area contributed by atoms with Crippen LogP contribution in [-0.2, 0) is 0 Å². The van der Waals surface area contributed by atoms with Gasteiger partial charge in [-0.05, 0) is 91.9 Å². The molecule has 0 aliphatic rings. The van der Waals surface area contributed by atoms with Crippen molar-refractivity contribution in [2.75, 3.05) is 4.90 Å². The molecule has 0 unspecified atom stereocenters. The lowest BCUT2D eigenvalue weighted by Gasteiger charge is -2.35. The molecule has 0 radical (unpaired) electrons. The minimum Gasteiger partial charge on any atom is -0.455 e. The van der Waals surface area contributed by atoms with E-state index < -0.39 is 0 Å². The first kappa shape index (κ1) is 48.2. The second-order valence-electron chi connectivity index (χ2n) is 20.8. The Bertz CT molecular complexity index is 3990. The number of rotatable bonds is 8. The molecular formula is C58H52B13NO. The number of hydrogen-bond donors (Lipinski definition) is 0. The van der Waals surface area contributed by atoms with E-state index >= 15 is 0 Å². The predicted molar refractivity (Wildman–Crippen MR) is 359 cm³/mol. The van der Waals surface area contributed by atoms with Crippen molar-refractivity contribution >= 4 is 223 Å². The molecule has 2 nitrogen and oxygen atoms in total. The van der Waals surface area contributed by atoms with Gasteiger partial charge in [0.2, 0.25) is 0 Å². The Hall–Kier alpha value is -7.10. The van der Waals surface area contributed by atoms with Gasteiger partial charge in [0.1, 0.15) is 113 Å². The maximum Gasteiger partial charge on any atom is 0.143 e. The van der Waals surface area contributed by atoms with Crippen LogP contribution in [0, 0.1) is 0 Å². The summed E-state index contributed by atoms with van der Waals surface area (Å²) in [5.74, 6) is 0. The summed E-state index contributed by atoms with van der Waals surface area (Å²) in [4.78, 5) is 2.54. The molecular weight excluding hydrogens is 867 g/mol. The van der Waals surface area contributed by atoms with Crippen LogP contribution in [0.1, 0.15) is 0 Å². The monoisotopic (exact) mass is 922 g/mol. The first-order valence-corrected chi connectivity index (χ1v) is 25.9. The van der Waals surface area contributed by atoms with Crippen molar-refractivity contribution in [3.8, 4) is 55.6 Å². The molecule has 0 fully saturated rings. The molecule has 0 amide bonds. The number of para-hydroxylation sites is 1. The average Bonchev–Trinajstić information content (AvgIpc) is 3.82. The summed E-state index contributed by atoms with van der Waals surface area (Å²) >= 11 is 0. The molecule has 11 aromatic rings. The quantitative estimate of drug-likeness (QED) is 0.142. The van der Waals surface area contributed by atoms with E-state index in [1.54, 1.807) is 0 Å². The van der Waals surface area contributed by atoms with E-state index in [9.17, 15) is 0 Å². The largest absolute Gasteiger partial charge is 0.455 e. The maximum absolute atomic E-state index is 6.80. The van der Waals surface area contributed by atoms with Gasteiger partial charge in [-0.2, -0.15) is 0 Å². The molecule has 0 saturated carbocycles. The minimum atomic E-state index is 0.885. The first-order valence-electron chi connectivity index (χ1n) is 25.9. The fraction of sp³-hybridized carbons (Fsp3) is 0. The van der Waals surface area contributed by atoms with Crippen LogP contribution in [0.15, 0.2) is 162 Å². The van der Waals surface area contributed by atoms with E-state index in [1.165, 1.54) is 127 Å². The lowest BCUT2D eigenvalue weighted by molar-refractivity contribution is 0.673. The first-order chi connectivity index (χ1) is 35.2. The van der Waals surface area contributed by atoms with Gasteiger partial charge in [-0.25, -0.2) is 0 Å². The van der Waals surface area contributed by atoms with Crippen LogP contribution in [0.2, 0.25) is 0 Å². The van der Waals surface area contributed by atoms with Crippen LogP contribution >= 0.6 is 0 Å². The van der Waals surface area contributed by atoms with Crippen LogP contribution in [0.3, 0.4) is 0 Å². The second kappa shape index (κ2) is 18.7. The molecule has 0 spiro atoms. The fourth-order valence-corrected chi connectivity index (χ4v) is 12.3.